The summed E-state index contributed by atoms with van der Waals surface area (Å²) in [6.45, 7) is 11.5. The van der Waals surface area contributed by atoms with Crippen molar-refractivity contribution in [2.45, 2.75) is 59.4 Å². The summed E-state index contributed by atoms with van der Waals surface area (Å²) in [6.07, 6.45) is 4.39. The second-order valence-corrected chi connectivity index (χ2v) is 9.84. The number of rotatable bonds is 5. The lowest BCUT2D eigenvalue weighted by atomic mass is 9.82. The van der Waals surface area contributed by atoms with Crippen LogP contribution in [0.3, 0.4) is 0 Å². The van der Waals surface area contributed by atoms with Crippen molar-refractivity contribution in [1.29, 1.82) is 0 Å². The van der Waals surface area contributed by atoms with Crippen molar-refractivity contribution < 1.29 is 8.42 Å². The van der Waals surface area contributed by atoms with Crippen molar-refractivity contribution in [3.8, 4) is 0 Å². The number of sulfone groups is 1. The molecule has 0 amide bonds. The molecular formula is C17H34IN3O2S. The van der Waals surface area contributed by atoms with Crippen LogP contribution in [0.4, 0.5) is 0 Å². The van der Waals surface area contributed by atoms with E-state index in [1.165, 1.54) is 19.3 Å². The van der Waals surface area contributed by atoms with Gasteiger partial charge in [-0.25, -0.2) is 8.42 Å². The Bertz CT molecular complexity index is 530. The van der Waals surface area contributed by atoms with Gasteiger partial charge in [0, 0.05) is 25.7 Å². The molecule has 7 heteroatoms. The SMILES string of the molecule is CCC1(CC)CCN(C(=NCC2CCS(=O)(=O)C2)NC(C)C)C1.I. The van der Waals surface area contributed by atoms with E-state index in [1.807, 2.05) is 0 Å². The third kappa shape index (κ3) is 5.75. The lowest BCUT2D eigenvalue weighted by Crippen LogP contribution is -2.44. The van der Waals surface area contributed by atoms with Crippen molar-refractivity contribution in [1.82, 2.24) is 10.2 Å². The van der Waals surface area contributed by atoms with Crippen LogP contribution in [0, 0.1) is 11.3 Å². The van der Waals surface area contributed by atoms with Crippen LogP contribution in [0.15, 0.2) is 4.99 Å². The molecule has 0 radical (unpaired) electrons. The smallest absolute Gasteiger partial charge is 0.194 e. The van der Waals surface area contributed by atoms with E-state index in [1.54, 1.807) is 0 Å². The van der Waals surface area contributed by atoms with E-state index in [0.29, 0.717) is 29.5 Å². The van der Waals surface area contributed by atoms with Gasteiger partial charge in [0.05, 0.1) is 11.5 Å². The first-order valence-corrected chi connectivity index (χ1v) is 10.9. The lowest BCUT2D eigenvalue weighted by molar-refractivity contribution is 0.275. The Morgan fingerprint density at radius 3 is 2.46 bits per heavy atom. The first-order chi connectivity index (χ1) is 10.8. The van der Waals surface area contributed by atoms with Gasteiger partial charge in [0.15, 0.2) is 15.8 Å². The number of aliphatic imine (C=N–C) groups is 1. The van der Waals surface area contributed by atoms with E-state index in [2.05, 4.69) is 37.9 Å². The molecule has 0 aromatic carbocycles. The molecular weight excluding hydrogens is 437 g/mol. The predicted octanol–water partition coefficient (Wildman–Crippen LogP) is 2.91. The summed E-state index contributed by atoms with van der Waals surface area (Å²) >= 11 is 0. The number of guanidine groups is 1. The molecule has 2 fully saturated rings. The molecule has 0 spiro atoms. The lowest BCUT2D eigenvalue weighted by Gasteiger charge is -2.29. The summed E-state index contributed by atoms with van der Waals surface area (Å²) in [7, 11) is -2.82. The summed E-state index contributed by atoms with van der Waals surface area (Å²) in [5.74, 6) is 1.79. The molecule has 2 aliphatic heterocycles. The highest BCUT2D eigenvalue weighted by Crippen LogP contribution is 2.37. The minimum atomic E-state index is -2.82. The molecule has 0 bridgehead atoms. The van der Waals surface area contributed by atoms with Gasteiger partial charge in [0.25, 0.3) is 0 Å². The van der Waals surface area contributed by atoms with Crippen LogP contribution in [0.2, 0.25) is 0 Å². The number of halogens is 1. The Kier molecular flexibility index (Phi) is 8.29. The molecule has 24 heavy (non-hydrogen) atoms. The molecule has 1 N–H and O–H groups in total. The molecule has 2 rings (SSSR count). The van der Waals surface area contributed by atoms with E-state index >= 15 is 0 Å². The maximum atomic E-state index is 11.6. The fourth-order valence-electron chi connectivity index (χ4n) is 3.67. The maximum absolute atomic E-state index is 11.6. The van der Waals surface area contributed by atoms with E-state index in [9.17, 15) is 8.42 Å². The third-order valence-corrected chi connectivity index (χ3v) is 7.32. The summed E-state index contributed by atoms with van der Waals surface area (Å²) < 4.78 is 23.2. The Morgan fingerprint density at radius 2 is 2.00 bits per heavy atom. The summed E-state index contributed by atoms with van der Waals surface area (Å²) in [4.78, 5) is 7.17. The van der Waals surface area contributed by atoms with Crippen LogP contribution >= 0.6 is 24.0 Å². The molecule has 0 saturated carbocycles. The van der Waals surface area contributed by atoms with Gasteiger partial charge in [-0.3, -0.25) is 4.99 Å². The van der Waals surface area contributed by atoms with Crippen LogP contribution in [0.1, 0.15) is 53.4 Å². The van der Waals surface area contributed by atoms with Crippen LogP contribution in [0.5, 0.6) is 0 Å². The van der Waals surface area contributed by atoms with E-state index in [0.717, 1.165) is 25.5 Å². The number of hydrogen-bond donors (Lipinski definition) is 1. The molecule has 2 saturated heterocycles. The van der Waals surface area contributed by atoms with Crippen molar-refractivity contribution in [2.75, 3.05) is 31.1 Å². The van der Waals surface area contributed by atoms with Crippen molar-refractivity contribution in [3.63, 3.8) is 0 Å². The first kappa shape index (κ1) is 22.0. The highest BCUT2D eigenvalue weighted by molar-refractivity contribution is 14.0. The molecule has 0 aromatic heterocycles. The molecule has 2 aliphatic rings. The second-order valence-electron chi connectivity index (χ2n) is 7.61. The van der Waals surface area contributed by atoms with Crippen LogP contribution in [-0.4, -0.2) is 56.5 Å². The van der Waals surface area contributed by atoms with Gasteiger partial charge >= 0.3 is 0 Å². The zero-order chi connectivity index (χ0) is 17.1. The molecule has 0 aliphatic carbocycles. The van der Waals surface area contributed by atoms with Gasteiger partial charge in [-0.15, -0.1) is 24.0 Å². The number of hydrogen-bond acceptors (Lipinski definition) is 3. The fraction of sp³-hybridized carbons (Fsp3) is 0.941. The Hall–Kier alpha value is -0.0500. The van der Waals surface area contributed by atoms with Gasteiger partial charge in [-0.05, 0) is 50.9 Å². The zero-order valence-corrected chi connectivity index (χ0v) is 18.7. The molecule has 1 atom stereocenters. The maximum Gasteiger partial charge on any atom is 0.194 e. The number of likely N-dealkylation sites (tertiary alicyclic amines) is 1. The Labute approximate surface area is 165 Å². The first-order valence-electron chi connectivity index (χ1n) is 9.05. The molecule has 0 aromatic rings. The largest absolute Gasteiger partial charge is 0.354 e. The topological polar surface area (TPSA) is 61.8 Å². The second kappa shape index (κ2) is 9.05. The van der Waals surface area contributed by atoms with Gasteiger partial charge < -0.3 is 10.2 Å². The molecule has 5 nitrogen and oxygen atoms in total. The predicted molar refractivity (Wildman–Crippen MR) is 112 cm³/mol. The van der Waals surface area contributed by atoms with Gasteiger partial charge in [-0.2, -0.15) is 0 Å². The zero-order valence-electron chi connectivity index (χ0n) is 15.5. The normalized spacial score (nSPS) is 25.8. The van der Waals surface area contributed by atoms with Gasteiger partial charge in [-0.1, -0.05) is 13.8 Å². The van der Waals surface area contributed by atoms with Crippen molar-refractivity contribution >= 4 is 39.8 Å². The van der Waals surface area contributed by atoms with E-state index in [-0.39, 0.29) is 29.9 Å². The highest BCUT2D eigenvalue weighted by Gasteiger charge is 2.36. The van der Waals surface area contributed by atoms with Crippen molar-refractivity contribution in [3.05, 3.63) is 0 Å². The average Bonchev–Trinajstić information content (AvgIpc) is 3.07. The quantitative estimate of drug-likeness (QED) is 0.381. The highest BCUT2D eigenvalue weighted by atomic mass is 127. The van der Waals surface area contributed by atoms with Crippen LogP contribution < -0.4 is 5.32 Å². The van der Waals surface area contributed by atoms with Gasteiger partial charge in [0.2, 0.25) is 0 Å². The van der Waals surface area contributed by atoms with Crippen LogP contribution in [0.25, 0.3) is 0 Å². The summed E-state index contributed by atoms with van der Waals surface area (Å²) in [5.41, 5.74) is 0.413. The fourth-order valence-corrected chi connectivity index (χ4v) is 5.52. The molecule has 1 unspecified atom stereocenters. The van der Waals surface area contributed by atoms with E-state index in [4.69, 9.17) is 4.99 Å². The Morgan fingerprint density at radius 1 is 1.33 bits per heavy atom. The Balaban J connectivity index is 0.00000288. The number of nitrogens with zero attached hydrogens (tertiary/aromatic N) is 2. The summed E-state index contributed by atoms with van der Waals surface area (Å²) in [5, 5.41) is 3.48. The molecule has 2 heterocycles. The summed E-state index contributed by atoms with van der Waals surface area (Å²) in [6, 6.07) is 0.333. The number of nitrogens with one attached hydrogen (secondary N) is 1. The van der Waals surface area contributed by atoms with Crippen LogP contribution in [-0.2, 0) is 9.84 Å². The van der Waals surface area contributed by atoms with E-state index < -0.39 is 9.84 Å². The van der Waals surface area contributed by atoms with Crippen molar-refractivity contribution in [2.24, 2.45) is 16.3 Å². The minimum Gasteiger partial charge on any atom is -0.354 e. The van der Waals surface area contributed by atoms with Gasteiger partial charge in [0.1, 0.15) is 0 Å². The monoisotopic (exact) mass is 471 g/mol. The molecule has 142 valence electrons. The third-order valence-electron chi connectivity index (χ3n) is 5.48. The average molecular weight is 471 g/mol. The standard InChI is InChI=1S/C17H33N3O2S.HI/c1-5-17(6-2)8-9-20(13-17)16(19-14(3)4)18-11-15-7-10-23(21,22)12-15;/h14-15H,5-13H2,1-4H3,(H,18,19);1H. The minimum absolute atomic E-state index is 0.